The van der Waals surface area contributed by atoms with Crippen LogP contribution in [0.15, 0.2) is 79.0 Å². The van der Waals surface area contributed by atoms with Crippen molar-refractivity contribution in [2.24, 2.45) is 0 Å². The molecule has 0 radical (unpaired) electrons. The molecule has 0 spiro atoms. The van der Waals surface area contributed by atoms with Gasteiger partial charge in [0.05, 0.1) is 30.3 Å². The van der Waals surface area contributed by atoms with Crippen LogP contribution in [0.2, 0.25) is 0 Å². The number of aromatic nitrogens is 3. The van der Waals surface area contributed by atoms with E-state index in [9.17, 15) is 14.3 Å². The second kappa shape index (κ2) is 10.4. The maximum Gasteiger partial charge on any atom is 0.251 e. The van der Waals surface area contributed by atoms with Crippen molar-refractivity contribution in [1.82, 2.24) is 20.3 Å². The molecule has 0 aliphatic carbocycles. The van der Waals surface area contributed by atoms with Gasteiger partial charge in [0.2, 0.25) is 5.88 Å². The number of carbonyl (C=O) groups is 1. The molecule has 0 saturated heterocycles. The molecule has 2 heterocycles. The third-order valence-corrected chi connectivity index (χ3v) is 5.75. The number of nitrogens with one attached hydrogen (secondary N) is 2. The minimum Gasteiger partial charge on any atom is -0.507 e. The Balaban J connectivity index is 1.33. The normalized spacial score (nSPS) is 10.9. The van der Waals surface area contributed by atoms with Crippen LogP contribution in [0.4, 0.5) is 4.39 Å². The zero-order valence-corrected chi connectivity index (χ0v) is 19.9. The molecule has 3 N–H and O–H groups in total. The highest BCUT2D eigenvalue weighted by Gasteiger charge is 2.15. The Labute approximate surface area is 211 Å². The smallest absolute Gasteiger partial charge is 0.251 e. The van der Waals surface area contributed by atoms with E-state index in [0.29, 0.717) is 33.9 Å². The predicted octanol–water partition coefficient (Wildman–Crippen LogP) is 4.95. The number of phenols is 1. The molecule has 0 aliphatic heterocycles. The van der Waals surface area contributed by atoms with Gasteiger partial charge in [-0.2, -0.15) is 0 Å². The minimum absolute atomic E-state index is 0.0542. The molecule has 5 aromatic rings. The molecule has 0 bridgehead atoms. The Hall–Kier alpha value is -4.92. The number of aromatic amines is 1. The lowest BCUT2D eigenvalue weighted by molar-refractivity contribution is 0.0947. The molecule has 0 fully saturated rings. The molecular weight excluding hydrogens is 475 g/mol. The summed E-state index contributed by atoms with van der Waals surface area (Å²) in [5.74, 6) is 0.351. The Morgan fingerprint density at radius 3 is 2.76 bits per heavy atom. The summed E-state index contributed by atoms with van der Waals surface area (Å²) in [4.78, 5) is 24.7. The SMILES string of the molecule is COc1ncccc1-c1ccc(O)c(-c2nc3cc(C(=O)NCCOc4ccccc4F)ccc3[nH]2)c1. The maximum atomic E-state index is 13.6. The number of rotatable bonds is 8. The average Bonchev–Trinajstić information content (AvgIpc) is 3.35. The van der Waals surface area contributed by atoms with Crippen LogP contribution < -0.4 is 14.8 Å². The maximum absolute atomic E-state index is 13.6. The second-order valence-corrected chi connectivity index (χ2v) is 8.14. The van der Waals surface area contributed by atoms with Crippen molar-refractivity contribution in [2.45, 2.75) is 0 Å². The highest BCUT2D eigenvalue weighted by atomic mass is 19.1. The summed E-state index contributed by atoms with van der Waals surface area (Å²) in [6, 6.07) is 20.0. The summed E-state index contributed by atoms with van der Waals surface area (Å²) in [5.41, 5.74) is 3.76. The standard InChI is InChI=1S/C28H23FN4O4/c1-36-28-19(5-4-12-31-28)17-9-11-24(34)20(15-17)26-32-22-10-8-18(16-23(22)33-26)27(35)30-13-14-37-25-7-3-2-6-21(25)29/h2-12,15-16,34H,13-14H2,1H3,(H,30,35)(H,32,33). The summed E-state index contributed by atoms with van der Waals surface area (Å²) in [5, 5.41) is 13.3. The third-order valence-electron chi connectivity index (χ3n) is 5.75. The minimum atomic E-state index is -0.454. The number of amides is 1. The predicted molar refractivity (Wildman–Crippen MR) is 137 cm³/mol. The molecule has 0 unspecified atom stereocenters. The molecule has 0 saturated carbocycles. The highest BCUT2D eigenvalue weighted by molar-refractivity contribution is 5.97. The number of benzene rings is 3. The molecule has 9 heteroatoms. The fourth-order valence-corrected chi connectivity index (χ4v) is 3.93. The van der Waals surface area contributed by atoms with Crippen LogP contribution in [0.3, 0.4) is 0 Å². The van der Waals surface area contributed by atoms with E-state index in [-0.39, 0.29) is 30.6 Å². The van der Waals surface area contributed by atoms with Gasteiger partial charge in [0.15, 0.2) is 11.6 Å². The second-order valence-electron chi connectivity index (χ2n) is 8.14. The van der Waals surface area contributed by atoms with Crippen LogP contribution in [-0.4, -0.2) is 46.2 Å². The van der Waals surface area contributed by atoms with E-state index in [2.05, 4.69) is 20.3 Å². The first-order chi connectivity index (χ1) is 18.0. The number of aromatic hydroxyl groups is 1. The van der Waals surface area contributed by atoms with Crippen molar-refractivity contribution in [3.05, 3.63) is 90.4 Å². The van der Waals surface area contributed by atoms with E-state index in [1.165, 1.54) is 12.1 Å². The van der Waals surface area contributed by atoms with Gasteiger partial charge in [-0.25, -0.2) is 14.4 Å². The molecule has 5 rings (SSSR count). The number of ether oxygens (including phenoxy) is 2. The first kappa shape index (κ1) is 23.8. The summed E-state index contributed by atoms with van der Waals surface area (Å²) in [7, 11) is 1.55. The number of pyridine rings is 1. The number of halogens is 1. The zero-order chi connectivity index (χ0) is 25.8. The Morgan fingerprint density at radius 1 is 1.05 bits per heavy atom. The van der Waals surface area contributed by atoms with Crippen molar-refractivity contribution in [3.8, 4) is 39.9 Å². The van der Waals surface area contributed by atoms with Gasteiger partial charge in [0.25, 0.3) is 5.91 Å². The number of fused-ring (bicyclic) bond motifs is 1. The van der Waals surface area contributed by atoms with Crippen LogP contribution in [0.25, 0.3) is 33.5 Å². The van der Waals surface area contributed by atoms with E-state index >= 15 is 0 Å². The van der Waals surface area contributed by atoms with Crippen LogP contribution in [0.1, 0.15) is 10.4 Å². The quantitative estimate of drug-likeness (QED) is 0.261. The number of hydrogen-bond donors (Lipinski definition) is 3. The Bertz CT molecular complexity index is 1580. The topological polar surface area (TPSA) is 109 Å². The molecule has 8 nitrogen and oxygen atoms in total. The summed E-state index contributed by atoms with van der Waals surface area (Å²) < 4.78 is 24.4. The number of carbonyl (C=O) groups excluding carboxylic acids is 1. The molecule has 1 amide bonds. The lowest BCUT2D eigenvalue weighted by Crippen LogP contribution is -2.28. The number of methoxy groups -OCH3 is 1. The van der Waals surface area contributed by atoms with Gasteiger partial charge in [-0.15, -0.1) is 0 Å². The van der Waals surface area contributed by atoms with Crippen LogP contribution >= 0.6 is 0 Å². The van der Waals surface area contributed by atoms with E-state index < -0.39 is 5.82 Å². The fourth-order valence-electron chi connectivity index (χ4n) is 3.93. The molecule has 0 atom stereocenters. The fraction of sp³-hybridized carbons (Fsp3) is 0.107. The summed E-state index contributed by atoms with van der Waals surface area (Å²) in [6.45, 7) is 0.328. The van der Waals surface area contributed by atoms with Gasteiger partial charge in [-0.05, 0) is 60.2 Å². The third kappa shape index (κ3) is 5.06. The van der Waals surface area contributed by atoms with E-state index in [1.807, 2.05) is 12.1 Å². The first-order valence-electron chi connectivity index (χ1n) is 11.5. The first-order valence-corrected chi connectivity index (χ1v) is 11.5. The van der Waals surface area contributed by atoms with Crippen molar-refractivity contribution in [1.29, 1.82) is 0 Å². The van der Waals surface area contributed by atoms with Gasteiger partial charge < -0.3 is 24.9 Å². The zero-order valence-electron chi connectivity index (χ0n) is 19.9. The molecule has 37 heavy (non-hydrogen) atoms. The van der Waals surface area contributed by atoms with Crippen LogP contribution in [0, 0.1) is 5.82 Å². The molecular formula is C28H23FN4O4. The van der Waals surface area contributed by atoms with E-state index in [4.69, 9.17) is 9.47 Å². The summed E-state index contributed by atoms with van der Waals surface area (Å²) in [6.07, 6.45) is 1.65. The van der Waals surface area contributed by atoms with Crippen molar-refractivity contribution in [2.75, 3.05) is 20.3 Å². The van der Waals surface area contributed by atoms with E-state index in [0.717, 1.165) is 11.1 Å². The number of imidazole rings is 1. The van der Waals surface area contributed by atoms with Gasteiger partial charge >= 0.3 is 0 Å². The van der Waals surface area contributed by atoms with Crippen LogP contribution in [0.5, 0.6) is 17.4 Å². The van der Waals surface area contributed by atoms with Gasteiger partial charge in [-0.3, -0.25) is 4.79 Å². The molecule has 3 aromatic carbocycles. The van der Waals surface area contributed by atoms with Gasteiger partial charge in [0.1, 0.15) is 18.2 Å². The lowest BCUT2D eigenvalue weighted by atomic mass is 10.0. The summed E-state index contributed by atoms with van der Waals surface area (Å²) >= 11 is 0. The highest BCUT2D eigenvalue weighted by Crippen LogP contribution is 2.35. The monoisotopic (exact) mass is 498 g/mol. The molecule has 2 aromatic heterocycles. The number of H-pyrrole nitrogens is 1. The largest absolute Gasteiger partial charge is 0.507 e. The number of para-hydroxylation sites is 1. The average molecular weight is 499 g/mol. The number of nitrogens with zero attached hydrogens (tertiary/aromatic N) is 2. The van der Waals surface area contributed by atoms with Crippen molar-refractivity contribution < 1.29 is 23.8 Å². The van der Waals surface area contributed by atoms with Gasteiger partial charge in [0, 0.05) is 17.3 Å². The van der Waals surface area contributed by atoms with Crippen molar-refractivity contribution in [3.63, 3.8) is 0 Å². The number of hydrogen-bond acceptors (Lipinski definition) is 6. The molecule has 186 valence electrons. The Kier molecular flexibility index (Phi) is 6.67. The number of phenolic OH excluding ortho intramolecular Hbond substituents is 1. The lowest BCUT2D eigenvalue weighted by Gasteiger charge is -2.09. The van der Waals surface area contributed by atoms with Gasteiger partial charge in [-0.1, -0.05) is 18.2 Å². The Morgan fingerprint density at radius 2 is 1.92 bits per heavy atom. The van der Waals surface area contributed by atoms with E-state index in [1.54, 1.807) is 61.8 Å². The van der Waals surface area contributed by atoms with Crippen molar-refractivity contribution >= 4 is 16.9 Å². The molecule has 0 aliphatic rings. The van der Waals surface area contributed by atoms with Crippen LogP contribution in [-0.2, 0) is 0 Å².